The Hall–Kier alpha value is -0.570. The Bertz CT molecular complexity index is 140. The number of carboxylic acid groups (broad SMARTS) is 1. The summed E-state index contributed by atoms with van der Waals surface area (Å²) in [7, 11) is 0. The van der Waals surface area contributed by atoms with E-state index in [2.05, 4.69) is 0 Å². The van der Waals surface area contributed by atoms with Gasteiger partial charge in [0, 0.05) is 0 Å². The highest BCUT2D eigenvalue weighted by atomic mass is 16.4. The van der Waals surface area contributed by atoms with Crippen LogP contribution in [0.5, 0.6) is 0 Å². The largest absolute Gasteiger partial charge is 0.479 e. The molecule has 0 aromatic carbocycles. The first-order valence-electron chi connectivity index (χ1n) is 3.80. The molecule has 11 heavy (non-hydrogen) atoms. The number of aliphatic hydroxyl groups is 1. The average molecular weight is 160 g/mol. The van der Waals surface area contributed by atoms with Crippen LogP contribution in [0.3, 0.4) is 0 Å². The maximum Gasteiger partial charge on any atom is 0.332 e. The minimum atomic E-state index is -1.22. The molecule has 3 heteroatoms. The Morgan fingerprint density at radius 3 is 2.27 bits per heavy atom. The molecular weight excluding hydrogens is 144 g/mol. The summed E-state index contributed by atoms with van der Waals surface area (Å²) >= 11 is 0. The van der Waals surface area contributed by atoms with Crippen LogP contribution in [-0.4, -0.2) is 22.3 Å². The highest BCUT2D eigenvalue weighted by Gasteiger charge is 2.24. The third-order valence-electron chi connectivity index (χ3n) is 1.99. The van der Waals surface area contributed by atoms with Crippen LogP contribution in [0.4, 0.5) is 0 Å². The number of hydrogen-bond acceptors (Lipinski definition) is 2. The van der Waals surface area contributed by atoms with Crippen molar-refractivity contribution in [1.29, 1.82) is 0 Å². The summed E-state index contributed by atoms with van der Waals surface area (Å²) < 4.78 is 0. The molecule has 0 saturated carbocycles. The molecule has 0 aliphatic rings. The van der Waals surface area contributed by atoms with E-state index in [0.717, 1.165) is 6.42 Å². The quantitative estimate of drug-likeness (QED) is 0.651. The van der Waals surface area contributed by atoms with Gasteiger partial charge in [-0.05, 0) is 11.8 Å². The van der Waals surface area contributed by atoms with E-state index >= 15 is 0 Å². The number of aliphatic hydroxyl groups excluding tert-OH is 1. The summed E-state index contributed by atoms with van der Waals surface area (Å²) in [4.78, 5) is 10.2. The zero-order valence-corrected chi connectivity index (χ0v) is 7.29. The Labute approximate surface area is 67.0 Å². The first-order chi connectivity index (χ1) is 4.89. The van der Waals surface area contributed by atoms with Crippen LogP contribution in [0, 0.1) is 5.41 Å². The molecule has 0 spiro atoms. The van der Waals surface area contributed by atoms with Gasteiger partial charge in [-0.1, -0.05) is 27.2 Å². The normalized spacial score (nSPS) is 14.5. The molecule has 0 fully saturated rings. The van der Waals surface area contributed by atoms with E-state index in [1.165, 1.54) is 0 Å². The van der Waals surface area contributed by atoms with Crippen molar-refractivity contribution in [3.63, 3.8) is 0 Å². The van der Waals surface area contributed by atoms with Gasteiger partial charge in [0.25, 0.3) is 0 Å². The van der Waals surface area contributed by atoms with E-state index in [1.54, 1.807) is 0 Å². The Balaban J connectivity index is 3.93. The lowest BCUT2D eigenvalue weighted by molar-refractivity contribution is -0.148. The number of carboxylic acids is 1. The maximum atomic E-state index is 10.2. The lowest BCUT2D eigenvalue weighted by Crippen LogP contribution is -2.26. The first-order valence-corrected chi connectivity index (χ1v) is 3.80. The lowest BCUT2D eigenvalue weighted by atomic mass is 9.84. The van der Waals surface area contributed by atoms with Gasteiger partial charge in [-0.25, -0.2) is 4.79 Å². The third kappa shape index (κ3) is 3.98. The molecule has 0 heterocycles. The molecule has 66 valence electrons. The molecule has 0 amide bonds. The third-order valence-corrected chi connectivity index (χ3v) is 1.99. The van der Waals surface area contributed by atoms with Gasteiger partial charge >= 0.3 is 5.97 Å². The van der Waals surface area contributed by atoms with Crippen molar-refractivity contribution < 1.29 is 15.0 Å². The van der Waals surface area contributed by atoms with Crippen molar-refractivity contribution in [3.8, 4) is 0 Å². The van der Waals surface area contributed by atoms with E-state index in [0.29, 0.717) is 6.42 Å². The van der Waals surface area contributed by atoms with Crippen LogP contribution >= 0.6 is 0 Å². The predicted molar refractivity (Wildman–Crippen MR) is 42.3 cm³/mol. The molecule has 0 aromatic heterocycles. The first kappa shape index (κ1) is 10.4. The molecule has 0 saturated heterocycles. The second-order valence-corrected chi connectivity index (χ2v) is 3.58. The Morgan fingerprint density at radius 1 is 1.55 bits per heavy atom. The van der Waals surface area contributed by atoms with Gasteiger partial charge in [0.1, 0.15) is 0 Å². The SMILES string of the molecule is CCC(C)(C)C[C@@H](O)C(=O)O. The fourth-order valence-corrected chi connectivity index (χ4v) is 0.755. The van der Waals surface area contributed by atoms with Crippen molar-refractivity contribution in [3.05, 3.63) is 0 Å². The van der Waals surface area contributed by atoms with Gasteiger partial charge < -0.3 is 10.2 Å². The molecule has 0 radical (unpaired) electrons. The lowest BCUT2D eigenvalue weighted by Gasteiger charge is -2.23. The maximum absolute atomic E-state index is 10.2. The summed E-state index contributed by atoms with van der Waals surface area (Å²) in [5.41, 5.74) is -0.0855. The minimum absolute atomic E-state index is 0.0855. The van der Waals surface area contributed by atoms with Crippen molar-refractivity contribution in [1.82, 2.24) is 0 Å². The molecule has 0 aliphatic heterocycles. The van der Waals surface area contributed by atoms with E-state index in [-0.39, 0.29) is 5.41 Å². The molecule has 0 aromatic rings. The van der Waals surface area contributed by atoms with Gasteiger partial charge in [-0.15, -0.1) is 0 Å². The molecule has 2 N–H and O–H groups in total. The molecule has 3 nitrogen and oxygen atoms in total. The van der Waals surface area contributed by atoms with E-state index < -0.39 is 12.1 Å². The van der Waals surface area contributed by atoms with Gasteiger partial charge in [0.05, 0.1) is 0 Å². The van der Waals surface area contributed by atoms with E-state index in [1.807, 2.05) is 20.8 Å². The van der Waals surface area contributed by atoms with Crippen LogP contribution < -0.4 is 0 Å². The average Bonchev–Trinajstić information content (AvgIpc) is 1.87. The zero-order valence-electron chi connectivity index (χ0n) is 7.29. The molecular formula is C8H16O3. The molecule has 1 atom stereocenters. The molecule has 0 aliphatic carbocycles. The fraction of sp³-hybridized carbons (Fsp3) is 0.875. The number of rotatable bonds is 4. The van der Waals surface area contributed by atoms with E-state index in [4.69, 9.17) is 10.2 Å². The van der Waals surface area contributed by atoms with Crippen LogP contribution in [0.15, 0.2) is 0 Å². The van der Waals surface area contributed by atoms with Gasteiger partial charge in [-0.2, -0.15) is 0 Å². The van der Waals surface area contributed by atoms with Crippen molar-refractivity contribution in [2.75, 3.05) is 0 Å². The summed E-state index contributed by atoms with van der Waals surface area (Å²) in [5, 5.41) is 17.4. The Kier molecular flexibility index (Phi) is 3.52. The standard InChI is InChI=1S/C8H16O3/c1-4-8(2,3)5-6(9)7(10)11/h6,9H,4-5H2,1-3H3,(H,10,11)/t6-/m1/s1. The van der Waals surface area contributed by atoms with Gasteiger partial charge in [-0.3, -0.25) is 0 Å². The summed E-state index contributed by atoms with van der Waals surface area (Å²) in [6.45, 7) is 5.87. The van der Waals surface area contributed by atoms with Crippen LogP contribution in [0.2, 0.25) is 0 Å². The molecule has 0 rings (SSSR count). The summed E-state index contributed by atoms with van der Waals surface area (Å²) in [6, 6.07) is 0. The molecule has 0 unspecified atom stereocenters. The zero-order chi connectivity index (χ0) is 9.07. The minimum Gasteiger partial charge on any atom is -0.479 e. The number of aliphatic carboxylic acids is 1. The summed E-state index contributed by atoms with van der Waals surface area (Å²) in [5.74, 6) is -1.13. The van der Waals surface area contributed by atoms with Gasteiger partial charge in [0.2, 0.25) is 0 Å². The topological polar surface area (TPSA) is 57.5 Å². The second kappa shape index (κ2) is 3.72. The highest BCUT2D eigenvalue weighted by molar-refractivity contribution is 5.71. The predicted octanol–water partition coefficient (Wildman–Crippen LogP) is 1.26. The highest BCUT2D eigenvalue weighted by Crippen LogP contribution is 2.25. The van der Waals surface area contributed by atoms with Crippen LogP contribution in [0.1, 0.15) is 33.6 Å². The van der Waals surface area contributed by atoms with Crippen molar-refractivity contribution in [2.45, 2.75) is 39.7 Å². The smallest absolute Gasteiger partial charge is 0.332 e. The monoisotopic (exact) mass is 160 g/mol. The summed E-state index contributed by atoms with van der Waals surface area (Å²) in [6.07, 6.45) is -0.0270. The van der Waals surface area contributed by atoms with Crippen molar-refractivity contribution in [2.24, 2.45) is 5.41 Å². The van der Waals surface area contributed by atoms with E-state index in [9.17, 15) is 4.79 Å². The van der Waals surface area contributed by atoms with Gasteiger partial charge in [0.15, 0.2) is 6.10 Å². The number of carbonyl (C=O) groups is 1. The van der Waals surface area contributed by atoms with Crippen molar-refractivity contribution >= 4 is 5.97 Å². The van der Waals surface area contributed by atoms with Crippen LogP contribution in [0.25, 0.3) is 0 Å². The number of hydrogen-bond donors (Lipinski definition) is 2. The fourth-order valence-electron chi connectivity index (χ4n) is 0.755. The second-order valence-electron chi connectivity index (χ2n) is 3.58. The molecule has 0 bridgehead atoms. The Morgan fingerprint density at radius 2 is 2.00 bits per heavy atom. The van der Waals surface area contributed by atoms with Crippen LogP contribution in [-0.2, 0) is 4.79 Å².